The summed E-state index contributed by atoms with van der Waals surface area (Å²) in [5.74, 6) is 0. The fourth-order valence-corrected chi connectivity index (χ4v) is 2.29. The monoisotopic (exact) mass is 199 g/mol. The SMILES string of the molecule is N#CC1(c2ccc(Cl)s2)COC1. The molecule has 1 aromatic heterocycles. The maximum atomic E-state index is 8.93. The van der Waals surface area contributed by atoms with Gasteiger partial charge in [0.05, 0.1) is 23.6 Å². The second kappa shape index (κ2) is 2.74. The van der Waals surface area contributed by atoms with Gasteiger partial charge >= 0.3 is 0 Å². The van der Waals surface area contributed by atoms with Gasteiger partial charge in [0.25, 0.3) is 0 Å². The molecule has 0 radical (unpaired) electrons. The molecule has 0 aliphatic carbocycles. The van der Waals surface area contributed by atoms with Crippen LogP contribution >= 0.6 is 22.9 Å². The maximum absolute atomic E-state index is 8.93. The van der Waals surface area contributed by atoms with Gasteiger partial charge in [-0.05, 0) is 12.1 Å². The lowest BCUT2D eigenvalue weighted by atomic mass is 9.86. The lowest BCUT2D eigenvalue weighted by molar-refractivity contribution is -0.0280. The molecule has 4 heteroatoms. The normalized spacial score (nSPS) is 19.7. The molecule has 1 saturated heterocycles. The molecule has 2 rings (SSSR count). The highest BCUT2D eigenvalue weighted by Gasteiger charge is 2.41. The number of halogens is 1. The average Bonchev–Trinajstić information content (AvgIpc) is 2.35. The van der Waals surface area contributed by atoms with Crippen LogP contribution in [0.4, 0.5) is 0 Å². The molecule has 0 N–H and O–H groups in total. The first-order valence-corrected chi connectivity index (χ1v) is 4.71. The Hall–Kier alpha value is -0.560. The van der Waals surface area contributed by atoms with E-state index < -0.39 is 5.41 Å². The highest BCUT2D eigenvalue weighted by Crippen LogP contribution is 2.37. The van der Waals surface area contributed by atoms with E-state index in [1.165, 1.54) is 11.3 Å². The van der Waals surface area contributed by atoms with Crippen LogP contribution in [-0.2, 0) is 10.2 Å². The minimum Gasteiger partial charge on any atom is -0.377 e. The Labute approximate surface area is 79.3 Å². The highest BCUT2D eigenvalue weighted by molar-refractivity contribution is 7.16. The standard InChI is InChI=1S/C8H6ClNOS/c9-7-2-1-6(12-7)8(3-10)4-11-5-8/h1-2H,4-5H2. The highest BCUT2D eigenvalue weighted by atomic mass is 35.5. The first-order chi connectivity index (χ1) is 5.77. The summed E-state index contributed by atoms with van der Waals surface area (Å²) >= 11 is 7.23. The van der Waals surface area contributed by atoms with Crippen LogP contribution < -0.4 is 0 Å². The summed E-state index contributed by atoms with van der Waals surface area (Å²) in [5.41, 5.74) is -0.405. The molecular formula is C8H6ClNOS. The third-order valence-corrected chi connectivity index (χ3v) is 3.39. The van der Waals surface area contributed by atoms with Crippen molar-refractivity contribution >= 4 is 22.9 Å². The van der Waals surface area contributed by atoms with Gasteiger partial charge in [-0.3, -0.25) is 0 Å². The molecule has 62 valence electrons. The molecule has 2 heterocycles. The van der Waals surface area contributed by atoms with E-state index in [2.05, 4.69) is 6.07 Å². The number of nitrogens with zero attached hydrogens (tertiary/aromatic N) is 1. The third-order valence-electron chi connectivity index (χ3n) is 1.96. The maximum Gasteiger partial charge on any atom is 0.138 e. The van der Waals surface area contributed by atoms with E-state index in [9.17, 15) is 0 Å². The van der Waals surface area contributed by atoms with Crippen LogP contribution in [0.5, 0.6) is 0 Å². The Bertz CT molecular complexity index is 337. The van der Waals surface area contributed by atoms with Crippen molar-refractivity contribution in [1.29, 1.82) is 5.26 Å². The Morgan fingerprint density at radius 1 is 1.58 bits per heavy atom. The minimum atomic E-state index is -0.405. The predicted octanol–water partition coefficient (Wildman–Crippen LogP) is 2.19. The first kappa shape index (κ1) is 8.06. The Morgan fingerprint density at radius 2 is 2.33 bits per heavy atom. The van der Waals surface area contributed by atoms with Crippen molar-refractivity contribution in [2.45, 2.75) is 5.41 Å². The zero-order chi connectivity index (χ0) is 8.60. The summed E-state index contributed by atoms with van der Waals surface area (Å²) < 4.78 is 5.76. The van der Waals surface area contributed by atoms with Gasteiger partial charge < -0.3 is 4.74 Å². The molecule has 12 heavy (non-hydrogen) atoms. The van der Waals surface area contributed by atoms with Crippen molar-refractivity contribution in [2.75, 3.05) is 13.2 Å². The second-order valence-corrected chi connectivity index (χ2v) is 4.51. The van der Waals surface area contributed by atoms with Crippen LogP contribution in [0.1, 0.15) is 4.88 Å². The quantitative estimate of drug-likeness (QED) is 0.695. The molecule has 0 aromatic carbocycles. The molecule has 1 aliphatic rings. The molecule has 0 saturated carbocycles. The molecule has 1 fully saturated rings. The van der Waals surface area contributed by atoms with E-state index in [1.807, 2.05) is 12.1 Å². The molecule has 1 aliphatic heterocycles. The van der Waals surface area contributed by atoms with E-state index in [0.717, 1.165) is 9.21 Å². The molecular weight excluding hydrogens is 194 g/mol. The predicted molar refractivity (Wildman–Crippen MR) is 47.4 cm³/mol. The van der Waals surface area contributed by atoms with Crippen molar-refractivity contribution in [1.82, 2.24) is 0 Å². The fourth-order valence-electron chi connectivity index (χ4n) is 1.14. The molecule has 0 atom stereocenters. The second-order valence-electron chi connectivity index (χ2n) is 2.79. The van der Waals surface area contributed by atoms with Gasteiger partial charge in [0.15, 0.2) is 0 Å². The van der Waals surface area contributed by atoms with Crippen molar-refractivity contribution < 1.29 is 4.74 Å². The number of rotatable bonds is 1. The summed E-state index contributed by atoms with van der Waals surface area (Å²) in [6.07, 6.45) is 0. The largest absolute Gasteiger partial charge is 0.377 e. The van der Waals surface area contributed by atoms with Gasteiger partial charge in [-0.1, -0.05) is 11.6 Å². The van der Waals surface area contributed by atoms with Crippen LogP contribution in [0.3, 0.4) is 0 Å². The molecule has 2 nitrogen and oxygen atoms in total. The number of thiophene rings is 1. The number of hydrogen-bond acceptors (Lipinski definition) is 3. The van der Waals surface area contributed by atoms with E-state index in [-0.39, 0.29) is 0 Å². The van der Waals surface area contributed by atoms with Crippen molar-refractivity contribution in [2.24, 2.45) is 0 Å². The Morgan fingerprint density at radius 3 is 2.67 bits per heavy atom. The molecule has 0 bridgehead atoms. The summed E-state index contributed by atoms with van der Waals surface area (Å²) in [5, 5.41) is 8.93. The molecule has 0 spiro atoms. The molecule has 1 aromatic rings. The Balaban J connectivity index is 2.35. The third kappa shape index (κ3) is 1.04. The van der Waals surface area contributed by atoms with Gasteiger partial charge in [0, 0.05) is 4.88 Å². The topological polar surface area (TPSA) is 33.0 Å². The van der Waals surface area contributed by atoms with E-state index in [0.29, 0.717) is 13.2 Å². The average molecular weight is 200 g/mol. The number of nitriles is 1. The van der Waals surface area contributed by atoms with Gasteiger partial charge in [0.2, 0.25) is 0 Å². The van der Waals surface area contributed by atoms with Crippen LogP contribution in [0.25, 0.3) is 0 Å². The van der Waals surface area contributed by atoms with Gasteiger partial charge in [-0.25, -0.2) is 0 Å². The summed E-state index contributed by atoms with van der Waals surface area (Å²) in [7, 11) is 0. The lowest BCUT2D eigenvalue weighted by Crippen LogP contribution is -2.44. The minimum absolute atomic E-state index is 0.405. The summed E-state index contributed by atoms with van der Waals surface area (Å²) in [6.45, 7) is 1.00. The molecule has 0 amide bonds. The van der Waals surface area contributed by atoms with Crippen molar-refractivity contribution in [3.63, 3.8) is 0 Å². The Kier molecular flexibility index (Phi) is 1.84. The summed E-state index contributed by atoms with van der Waals surface area (Å²) in [6, 6.07) is 5.99. The number of ether oxygens (including phenoxy) is 1. The van der Waals surface area contributed by atoms with Crippen LogP contribution in [0.15, 0.2) is 12.1 Å². The number of hydrogen-bond donors (Lipinski definition) is 0. The zero-order valence-electron chi connectivity index (χ0n) is 6.21. The zero-order valence-corrected chi connectivity index (χ0v) is 7.78. The first-order valence-electron chi connectivity index (χ1n) is 3.52. The van der Waals surface area contributed by atoms with E-state index >= 15 is 0 Å². The van der Waals surface area contributed by atoms with Gasteiger partial charge in [0.1, 0.15) is 5.41 Å². The summed E-state index contributed by atoms with van der Waals surface area (Å²) in [4.78, 5) is 1.02. The van der Waals surface area contributed by atoms with E-state index in [1.54, 1.807) is 0 Å². The van der Waals surface area contributed by atoms with Gasteiger partial charge in [-0.2, -0.15) is 5.26 Å². The smallest absolute Gasteiger partial charge is 0.138 e. The lowest BCUT2D eigenvalue weighted by Gasteiger charge is -2.33. The van der Waals surface area contributed by atoms with Gasteiger partial charge in [-0.15, -0.1) is 11.3 Å². The van der Waals surface area contributed by atoms with Crippen molar-refractivity contribution in [3.8, 4) is 6.07 Å². The van der Waals surface area contributed by atoms with E-state index in [4.69, 9.17) is 21.6 Å². The van der Waals surface area contributed by atoms with Crippen molar-refractivity contribution in [3.05, 3.63) is 21.3 Å². The molecule has 0 unspecified atom stereocenters. The van der Waals surface area contributed by atoms with Crippen LogP contribution in [0.2, 0.25) is 4.34 Å². The van der Waals surface area contributed by atoms with Crippen LogP contribution in [-0.4, -0.2) is 13.2 Å². The fraction of sp³-hybridized carbons (Fsp3) is 0.375. The van der Waals surface area contributed by atoms with Crippen LogP contribution in [0, 0.1) is 11.3 Å².